The van der Waals surface area contributed by atoms with Crippen molar-refractivity contribution in [3.05, 3.63) is 133 Å². The van der Waals surface area contributed by atoms with Crippen LogP contribution >= 0.6 is 0 Å². The fourth-order valence-electron chi connectivity index (χ4n) is 4.33. The molecule has 40 heavy (non-hydrogen) atoms. The third-order valence-corrected chi connectivity index (χ3v) is 7.92. The van der Waals surface area contributed by atoms with E-state index >= 15 is 0 Å². The van der Waals surface area contributed by atoms with E-state index in [1.807, 2.05) is 94.7 Å². The van der Waals surface area contributed by atoms with Crippen molar-refractivity contribution in [3.63, 3.8) is 0 Å². The molecule has 0 saturated heterocycles. The number of rotatable bonds is 8. The Labute approximate surface area is 232 Å². The second kappa shape index (κ2) is 10.9. The van der Waals surface area contributed by atoms with Gasteiger partial charge in [0.15, 0.2) is 0 Å². The van der Waals surface area contributed by atoms with Crippen molar-refractivity contribution in [2.24, 2.45) is 0 Å². The Balaban J connectivity index is 1.57. The zero-order valence-corrected chi connectivity index (χ0v) is 22.6. The Bertz CT molecular complexity index is 1670. The maximum atomic E-state index is 11.6. The molecule has 5 aromatic carbocycles. The smallest absolute Gasteiger partial charge is 0.294 e. The highest BCUT2D eigenvalue weighted by molar-refractivity contribution is 7.86. The van der Waals surface area contributed by atoms with Crippen LogP contribution in [0.5, 0.6) is 0 Å². The summed E-state index contributed by atoms with van der Waals surface area (Å²) in [5.41, 5.74) is 4.65. The van der Waals surface area contributed by atoms with Gasteiger partial charge >= 0.3 is 0 Å². The van der Waals surface area contributed by atoms with Crippen molar-refractivity contribution in [2.75, 3.05) is 9.80 Å². The standard InChI is InChI=1S/C30H24N2O6S2/c33-39(34,35)29-19-15-27(16-20-29)31(23-7-3-1-4-8-23)25-11-13-26(14-12-25)32(24-9-5-2-6-10-24)28-17-21-30(22-18-28)40(36,37)38/h1-22H,(H,33,34,35)(H,36,37,38). The molecule has 5 aromatic rings. The second-order valence-electron chi connectivity index (χ2n) is 8.80. The van der Waals surface area contributed by atoms with Crippen molar-refractivity contribution in [1.29, 1.82) is 0 Å². The number of nitrogens with zero attached hydrogens (tertiary/aromatic N) is 2. The van der Waals surface area contributed by atoms with Crippen LogP contribution in [0.4, 0.5) is 34.1 Å². The fraction of sp³-hybridized carbons (Fsp3) is 0. The molecule has 5 rings (SSSR count). The highest BCUT2D eigenvalue weighted by Crippen LogP contribution is 2.39. The van der Waals surface area contributed by atoms with Crippen LogP contribution in [0.1, 0.15) is 0 Å². The number of anilines is 6. The van der Waals surface area contributed by atoms with E-state index in [1.165, 1.54) is 24.3 Å². The molecule has 0 spiro atoms. The normalized spacial score (nSPS) is 11.7. The van der Waals surface area contributed by atoms with E-state index in [0.29, 0.717) is 11.4 Å². The molecule has 10 heteroatoms. The van der Waals surface area contributed by atoms with Crippen LogP contribution in [-0.4, -0.2) is 25.9 Å². The summed E-state index contributed by atoms with van der Waals surface area (Å²) in [6.07, 6.45) is 0. The van der Waals surface area contributed by atoms with Crippen LogP contribution in [0, 0.1) is 0 Å². The number of para-hydroxylation sites is 2. The first-order valence-electron chi connectivity index (χ1n) is 12.1. The Morgan fingerprint density at radius 1 is 0.350 bits per heavy atom. The van der Waals surface area contributed by atoms with Gasteiger partial charge in [-0.3, -0.25) is 9.11 Å². The minimum atomic E-state index is -4.32. The largest absolute Gasteiger partial charge is 0.311 e. The van der Waals surface area contributed by atoms with Crippen LogP contribution in [0.15, 0.2) is 143 Å². The molecule has 0 unspecified atom stereocenters. The lowest BCUT2D eigenvalue weighted by molar-refractivity contribution is 0.481. The predicted molar refractivity (Wildman–Crippen MR) is 155 cm³/mol. The van der Waals surface area contributed by atoms with Gasteiger partial charge in [-0.15, -0.1) is 0 Å². The lowest BCUT2D eigenvalue weighted by Gasteiger charge is -2.28. The SMILES string of the molecule is O=S(=O)(O)c1ccc(N(c2ccccc2)c2ccc(N(c3ccccc3)c3ccc(S(=O)(=O)O)cc3)cc2)cc1. The first kappa shape index (κ1) is 27.1. The number of benzene rings is 5. The molecule has 2 N–H and O–H groups in total. The van der Waals surface area contributed by atoms with Crippen LogP contribution in [-0.2, 0) is 20.2 Å². The topological polar surface area (TPSA) is 115 Å². The zero-order chi connectivity index (χ0) is 28.3. The summed E-state index contributed by atoms with van der Waals surface area (Å²) >= 11 is 0. The van der Waals surface area contributed by atoms with E-state index in [1.54, 1.807) is 24.3 Å². The molecule has 0 amide bonds. The Kier molecular flexibility index (Phi) is 7.42. The average molecular weight is 573 g/mol. The van der Waals surface area contributed by atoms with E-state index < -0.39 is 20.2 Å². The molecule has 0 aliphatic heterocycles. The van der Waals surface area contributed by atoms with Gasteiger partial charge in [-0.1, -0.05) is 36.4 Å². The van der Waals surface area contributed by atoms with Crippen molar-refractivity contribution in [2.45, 2.75) is 9.79 Å². The van der Waals surface area contributed by atoms with Gasteiger partial charge in [0.1, 0.15) is 0 Å². The first-order valence-corrected chi connectivity index (χ1v) is 14.9. The van der Waals surface area contributed by atoms with E-state index in [9.17, 15) is 25.9 Å². The van der Waals surface area contributed by atoms with E-state index in [0.717, 1.165) is 22.7 Å². The summed E-state index contributed by atoms with van der Waals surface area (Å²) in [4.78, 5) is 3.51. The van der Waals surface area contributed by atoms with Crippen molar-refractivity contribution in [1.82, 2.24) is 0 Å². The van der Waals surface area contributed by atoms with Crippen LogP contribution in [0.2, 0.25) is 0 Å². The van der Waals surface area contributed by atoms with Crippen molar-refractivity contribution < 1.29 is 25.9 Å². The monoisotopic (exact) mass is 572 g/mol. The molecule has 0 aromatic heterocycles. The molecule has 0 fully saturated rings. The summed E-state index contributed by atoms with van der Waals surface area (Å²) in [6.45, 7) is 0. The van der Waals surface area contributed by atoms with E-state index in [4.69, 9.17) is 0 Å². The van der Waals surface area contributed by atoms with Crippen molar-refractivity contribution >= 4 is 54.4 Å². The molecule has 8 nitrogen and oxygen atoms in total. The molecule has 0 saturated carbocycles. The van der Waals surface area contributed by atoms with Gasteiger partial charge in [-0.05, 0) is 97.1 Å². The van der Waals surface area contributed by atoms with Gasteiger partial charge in [-0.2, -0.15) is 16.8 Å². The zero-order valence-electron chi connectivity index (χ0n) is 20.9. The quantitative estimate of drug-likeness (QED) is 0.189. The van der Waals surface area contributed by atoms with Gasteiger partial charge in [-0.25, -0.2) is 0 Å². The van der Waals surface area contributed by atoms with Gasteiger partial charge in [0.2, 0.25) is 0 Å². The first-order chi connectivity index (χ1) is 19.1. The Morgan fingerprint density at radius 3 is 0.825 bits per heavy atom. The van der Waals surface area contributed by atoms with Gasteiger partial charge < -0.3 is 9.80 Å². The summed E-state index contributed by atoms with van der Waals surface area (Å²) in [5.74, 6) is 0. The van der Waals surface area contributed by atoms with Gasteiger partial charge in [0, 0.05) is 34.1 Å². The minimum Gasteiger partial charge on any atom is -0.311 e. The van der Waals surface area contributed by atoms with Crippen LogP contribution in [0.25, 0.3) is 0 Å². The fourth-order valence-corrected chi connectivity index (χ4v) is 5.29. The number of hydrogen-bond acceptors (Lipinski definition) is 6. The average Bonchev–Trinajstić information content (AvgIpc) is 2.95. The highest BCUT2D eigenvalue weighted by atomic mass is 32.2. The maximum absolute atomic E-state index is 11.6. The maximum Gasteiger partial charge on any atom is 0.294 e. The van der Waals surface area contributed by atoms with Gasteiger partial charge in [0.05, 0.1) is 9.79 Å². The van der Waals surface area contributed by atoms with Crippen LogP contribution < -0.4 is 9.80 Å². The third kappa shape index (κ3) is 5.90. The molecule has 0 heterocycles. The predicted octanol–water partition coefficient (Wildman–Crippen LogP) is 7.12. The third-order valence-electron chi connectivity index (χ3n) is 6.18. The molecule has 0 aliphatic carbocycles. The molecular formula is C30H24N2O6S2. The Hall–Kier alpha value is -4.48. The van der Waals surface area contributed by atoms with E-state index in [2.05, 4.69) is 0 Å². The molecule has 202 valence electrons. The Morgan fingerprint density at radius 2 is 0.575 bits per heavy atom. The molecular weight excluding hydrogens is 548 g/mol. The lowest BCUT2D eigenvalue weighted by Crippen LogP contribution is -2.12. The van der Waals surface area contributed by atoms with Gasteiger partial charge in [0.25, 0.3) is 20.2 Å². The molecule has 0 atom stereocenters. The highest BCUT2D eigenvalue weighted by Gasteiger charge is 2.18. The van der Waals surface area contributed by atoms with E-state index in [-0.39, 0.29) is 9.79 Å². The molecule has 0 aliphatic rings. The summed E-state index contributed by atoms with van der Waals surface area (Å²) < 4.78 is 65.0. The molecule has 0 bridgehead atoms. The number of hydrogen-bond donors (Lipinski definition) is 2. The summed E-state index contributed by atoms with van der Waals surface area (Å²) in [5, 5.41) is 0. The van der Waals surface area contributed by atoms with Crippen molar-refractivity contribution in [3.8, 4) is 0 Å². The summed E-state index contributed by atoms with van der Waals surface area (Å²) in [7, 11) is -8.65. The minimum absolute atomic E-state index is 0.196. The summed E-state index contributed by atoms with van der Waals surface area (Å²) in [6, 6.07) is 38.7. The molecule has 0 radical (unpaired) electrons. The second-order valence-corrected chi connectivity index (χ2v) is 11.6. The van der Waals surface area contributed by atoms with Crippen LogP contribution in [0.3, 0.4) is 0 Å². The lowest BCUT2D eigenvalue weighted by atomic mass is 10.1.